The molecule has 0 amide bonds. The third kappa shape index (κ3) is 4.87. The van der Waals surface area contributed by atoms with Gasteiger partial charge in [-0.25, -0.2) is 8.42 Å². The summed E-state index contributed by atoms with van der Waals surface area (Å²) in [5, 5.41) is 9.11. The van der Waals surface area contributed by atoms with Crippen LogP contribution < -0.4 is 10.1 Å². The van der Waals surface area contributed by atoms with Gasteiger partial charge in [0.1, 0.15) is 12.4 Å². The molecule has 0 unspecified atom stereocenters. The van der Waals surface area contributed by atoms with Crippen molar-refractivity contribution >= 4 is 27.3 Å². The first kappa shape index (κ1) is 20.1. The van der Waals surface area contributed by atoms with Gasteiger partial charge in [0, 0.05) is 6.54 Å². The minimum Gasteiger partial charge on any atom is -0.489 e. The zero-order valence-electron chi connectivity index (χ0n) is 16.2. The Balaban J connectivity index is 1.43. The molecule has 0 fully saturated rings. The van der Waals surface area contributed by atoms with Crippen LogP contribution in [0.2, 0.25) is 0 Å². The molecule has 9 heteroatoms. The van der Waals surface area contributed by atoms with Gasteiger partial charge in [0.15, 0.2) is 5.82 Å². The topological polar surface area (TPSA) is 86.1 Å². The van der Waals surface area contributed by atoms with Gasteiger partial charge in [-0.2, -0.15) is 4.98 Å². The van der Waals surface area contributed by atoms with Crippen molar-refractivity contribution in [2.24, 2.45) is 0 Å². The monoisotopic (exact) mass is 440 g/mol. The standard InChI is InChI=1S/C21H20N4O3S2/c1-30(26,27)25-21(23-20(24-25)19-8-5-13-29-19)22-14-16-9-11-18(12-10-16)28-15-17-6-3-2-4-7-17/h2-13H,14-15H2,1H3,(H,22,23,24). The van der Waals surface area contributed by atoms with Crippen molar-refractivity contribution in [2.75, 3.05) is 11.6 Å². The minimum absolute atomic E-state index is 0.185. The summed E-state index contributed by atoms with van der Waals surface area (Å²) in [4.78, 5) is 5.17. The molecule has 154 valence electrons. The average molecular weight is 441 g/mol. The summed E-state index contributed by atoms with van der Waals surface area (Å²) < 4.78 is 30.9. The first-order chi connectivity index (χ1) is 14.5. The van der Waals surface area contributed by atoms with Gasteiger partial charge in [0.2, 0.25) is 5.95 Å². The highest BCUT2D eigenvalue weighted by Gasteiger charge is 2.18. The van der Waals surface area contributed by atoms with E-state index in [1.165, 1.54) is 11.3 Å². The van der Waals surface area contributed by atoms with Gasteiger partial charge in [-0.1, -0.05) is 48.5 Å². The van der Waals surface area contributed by atoms with Crippen molar-refractivity contribution in [3.8, 4) is 16.5 Å². The van der Waals surface area contributed by atoms with Crippen molar-refractivity contribution in [3.05, 3.63) is 83.2 Å². The number of nitrogens with zero attached hydrogens (tertiary/aromatic N) is 3. The van der Waals surface area contributed by atoms with Crippen molar-refractivity contribution in [1.82, 2.24) is 14.2 Å². The second kappa shape index (κ2) is 8.68. The van der Waals surface area contributed by atoms with E-state index in [0.29, 0.717) is 19.0 Å². The fourth-order valence-corrected chi connectivity index (χ4v) is 4.07. The summed E-state index contributed by atoms with van der Waals surface area (Å²) >= 11 is 1.45. The summed E-state index contributed by atoms with van der Waals surface area (Å²) in [5.41, 5.74) is 2.06. The van der Waals surface area contributed by atoms with E-state index in [1.54, 1.807) is 0 Å². The van der Waals surface area contributed by atoms with Gasteiger partial charge < -0.3 is 10.1 Å². The number of hydrogen-bond acceptors (Lipinski definition) is 7. The summed E-state index contributed by atoms with van der Waals surface area (Å²) in [7, 11) is -3.58. The van der Waals surface area contributed by atoms with Crippen molar-refractivity contribution in [3.63, 3.8) is 0 Å². The second-order valence-corrected chi connectivity index (χ2v) is 9.37. The van der Waals surface area contributed by atoms with Crippen molar-refractivity contribution in [2.45, 2.75) is 13.2 Å². The molecule has 30 heavy (non-hydrogen) atoms. The minimum atomic E-state index is -3.58. The van der Waals surface area contributed by atoms with E-state index >= 15 is 0 Å². The molecular formula is C21H20N4O3S2. The maximum absolute atomic E-state index is 12.1. The van der Waals surface area contributed by atoms with Crippen LogP contribution in [0.4, 0.5) is 5.95 Å². The lowest BCUT2D eigenvalue weighted by Gasteiger charge is -2.09. The van der Waals surface area contributed by atoms with E-state index in [0.717, 1.165) is 32.1 Å². The van der Waals surface area contributed by atoms with Crippen LogP contribution in [0.1, 0.15) is 11.1 Å². The van der Waals surface area contributed by atoms with Crippen LogP contribution in [0.15, 0.2) is 72.1 Å². The van der Waals surface area contributed by atoms with E-state index < -0.39 is 10.0 Å². The molecule has 7 nitrogen and oxygen atoms in total. The number of aromatic nitrogens is 3. The molecule has 4 aromatic rings. The summed E-state index contributed by atoms with van der Waals surface area (Å²) in [5.74, 6) is 1.33. The van der Waals surface area contributed by atoms with E-state index in [2.05, 4.69) is 15.4 Å². The Morgan fingerprint density at radius 1 is 1.00 bits per heavy atom. The molecule has 4 rings (SSSR count). The maximum atomic E-state index is 12.1. The zero-order chi connectivity index (χ0) is 21.0. The van der Waals surface area contributed by atoms with Gasteiger partial charge in [-0.15, -0.1) is 20.5 Å². The lowest BCUT2D eigenvalue weighted by Crippen LogP contribution is -2.16. The zero-order valence-corrected chi connectivity index (χ0v) is 17.9. The van der Waals surface area contributed by atoms with E-state index in [-0.39, 0.29) is 5.95 Å². The SMILES string of the molecule is CS(=O)(=O)n1nc(-c2cccs2)nc1NCc1ccc(OCc2ccccc2)cc1. The summed E-state index contributed by atoms with van der Waals surface area (Å²) in [6, 6.07) is 21.3. The van der Waals surface area contributed by atoms with Crippen molar-refractivity contribution < 1.29 is 13.2 Å². The first-order valence-electron chi connectivity index (χ1n) is 9.20. The molecule has 0 radical (unpaired) electrons. The third-order valence-corrected chi connectivity index (χ3v) is 6.01. The molecule has 0 bridgehead atoms. The third-order valence-electron chi connectivity index (χ3n) is 4.26. The van der Waals surface area contributed by atoms with E-state index in [1.807, 2.05) is 72.1 Å². The number of ether oxygens (including phenoxy) is 1. The Labute approximate surface area is 179 Å². The highest BCUT2D eigenvalue weighted by molar-refractivity contribution is 7.89. The highest BCUT2D eigenvalue weighted by Crippen LogP contribution is 2.24. The van der Waals surface area contributed by atoms with E-state index in [4.69, 9.17) is 4.74 Å². The maximum Gasteiger partial charge on any atom is 0.254 e. The highest BCUT2D eigenvalue weighted by atomic mass is 32.2. The molecule has 0 spiro atoms. The molecule has 0 saturated heterocycles. The van der Waals surface area contributed by atoms with Crippen LogP contribution in [0.3, 0.4) is 0 Å². The van der Waals surface area contributed by atoms with Crippen LogP contribution >= 0.6 is 11.3 Å². The molecule has 0 aliphatic heterocycles. The number of thiophene rings is 1. The number of nitrogens with one attached hydrogen (secondary N) is 1. The van der Waals surface area contributed by atoms with Crippen molar-refractivity contribution in [1.29, 1.82) is 0 Å². The molecular weight excluding hydrogens is 420 g/mol. The number of anilines is 1. The smallest absolute Gasteiger partial charge is 0.254 e. The van der Waals surface area contributed by atoms with Gasteiger partial charge in [0.25, 0.3) is 10.0 Å². The average Bonchev–Trinajstić information content (AvgIpc) is 3.42. The van der Waals surface area contributed by atoms with Gasteiger partial charge in [-0.05, 0) is 34.7 Å². The molecule has 2 aromatic heterocycles. The Bertz CT molecular complexity index is 1200. The molecule has 0 atom stereocenters. The van der Waals surface area contributed by atoms with Crippen LogP contribution in [0.25, 0.3) is 10.7 Å². The summed E-state index contributed by atoms with van der Waals surface area (Å²) in [6.07, 6.45) is 1.10. The van der Waals surface area contributed by atoms with Crippen LogP contribution in [-0.4, -0.2) is 28.8 Å². The molecule has 2 heterocycles. The van der Waals surface area contributed by atoms with E-state index in [9.17, 15) is 8.42 Å². The Kier molecular flexibility index (Phi) is 5.82. The van der Waals surface area contributed by atoms with Crippen LogP contribution in [0.5, 0.6) is 5.75 Å². The normalized spacial score (nSPS) is 11.4. The van der Waals surface area contributed by atoms with Crippen LogP contribution in [0, 0.1) is 0 Å². The largest absolute Gasteiger partial charge is 0.489 e. The fourth-order valence-electron chi connectivity index (χ4n) is 2.77. The number of benzene rings is 2. The number of hydrogen-bond donors (Lipinski definition) is 1. The van der Waals surface area contributed by atoms with Gasteiger partial charge in [-0.3, -0.25) is 0 Å². The molecule has 0 saturated carbocycles. The lowest BCUT2D eigenvalue weighted by molar-refractivity contribution is 0.306. The molecule has 1 N–H and O–H groups in total. The molecule has 2 aromatic carbocycles. The predicted molar refractivity (Wildman–Crippen MR) is 118 cm³/mol. The fraction of sp³-hybridized carbons (Fsp3) is 0.143. The Hall–Kier alpha value is -3.17. The molecule has 0 aliphatic rings. The first-order valence-corrected chi connectivity index (χ1v) is 11.9. The quantitative estimate of drug-likeness (QED) is 0.446. The molecule has 0 aliphatic carbocycles. The summed E-state index contributed by atoms with van der Waals surface area (Å²) in [6.45, 7) is 0.901. The van der Waals surface area contributed by atoms with Gasteiger partial charge in [0.05, 0.1) is 11.1 Å². The lowest BCUT2D eigenvalue weighted by atomic mass is 10.2. The number of rotatable bonds is 8. The Morgan fingerprint density at radius 3 is 2.43 bits per heavy atom. The van der Waals surface area contributed by atoms with Crippen LogP contribution in [-0.2, 0) is 23.2 Å². The Morgan fingerprint density at radius 2 is 1.77 bits per heavy atom. The predicted octanol–water partition coefficient (Wildman–Crippen LogP) is 4.01. The second-order valence-electron chi connectivity index (χ2n) is 6.61. The van der Waals surface area contributed by atoms with Gasteiger partial charge >= 0.3 is 0 Å².